The number of phenolic OH excluding ortho intramolecular Hbond substituents is 1. The summed E-state index contributed by atoms with van der Waals surface area (Å²) in [4.78, 5) is 27.9. The molecule has 1 heterocycles. The maximum absolute atomic E-state index is 13.3. The summed E-state index contributed by atoms with van der Waals surface area (Å²) in [7, 11) is 1.46. The number of rotatable bonds is 7. The highest BCUT2D eigenvalue weighted by atomic mass is 16.5. The number of ether oxygens (including phenoxy) is 2. The zero-order valence-electron chi connectivity index (χ0n) is 19.8. The van der Waals surface area contributed by atoms with Crippen molar-refractivity contribution in [3.05, 3.63) is 89.5 Å². The maximum atomic E-state index is 13.3. The lowest BCUT2D eigenvalue weighted by atomic mass is 9.94. The Morgan fingerprint density at radius 3 is 2.37 bits per heavy atom. The van der Waals surface area contributed by atoms with Crippen LogP contribution < -0.4 is 14.4 Å². The fraction of sp³-hybridized carbons (Fsp3) is 0.214. The molecule has 0 saturated carbocycles. The molecule has 3 aromatic rings. The van der Waals surface area contributed by atoms with E-state index in [4.69, 9.17) is 9.47 Å². The number of Topliss-reactive ketones (excluding diaryl/α,β-unsaturated/α-hetero) is 1. The van der Waals surface area contributed by atoms with Crippen LogP contribution in [-0.2, 0) is 9.59 Å². The summed E-state index contributed by atoms with van der Waals surface area (Å²) < 4.78 is 11.1. The number of benzene rings is 3. The van der Waals surface area contributed by atoms with E-state index in [1.54, 1.807) is 60.7 Å². The molecule has 1 atom stereocenters. The van der Waals surface area contributed by atoms with Crippen LogP contribution in [0.25, 0.3) is 5.76 Å². The second-order valence-electron chi connectivity index (χ2n) is 8.66. The highest BCUT2D eigenvalue weighted by molar-refractivity contribution is 6.51. The number of para-hydroxylation sites is 1. The first-order valence-electron chi connectivity index (χ1n) is 11.3. The number of anilines is 1. The Bertz CT molecular complexity index is 1280. The third-order valence-electron chi connectivity index (χ3n) is 5.69. The molecule has 2 N–H and O–H groups in total. The molecule has 1 unspecified atom stereocenters. The third kappa shape index (κ3) is 4.71. The number of nitrogens with zero attached hydrogens (tertiary/aromatic N) is 1. The standard InChI is InChI=1S/C28H27NO6/c1-17(2)16-35-21-13-11-19(12-14-21)29-25(18-7-6-8-20(30)15-18)24(27(32)28(29)33)26(31)22-9-4-5-10-23(22)34-3/h4-15,17,25,30-31H,16H2,1-3H3/b26-24-. The SMILES string of the molecule is COc1ccccc1/C(O)=C1/C(=O)C(=O)N(c2ccc(OCC(C)C)cc2)C1c1cccc(O)c1. The van der Waals surface area contributed by atoms with E-state index in [1.807, 2.05) is 13.8 Å². The number of ketones is 1. The Hall–Kier alpha value is -4.26. The van der Waals surface area contributed by atoms with E-state index in [0.717, 1.165) is 0 Å². The van der Waals surface area contributed by atoms with Crippen LogP contribution in [0.5, 0.6) is 17.2 Å². The molecule has 1 aliphatic heterocycles. The number of carbonyl (C=O) groups is 2. The Kier molecular flexibility index (Phi) is 6.78. The number of hydrogen-bond acceptors (Lipinski definition) is 6. The number of aliphatic hydroxyl groups excluding tert-OH is 1. The van der Waals surface area contributed by atoms with Crippen LogP contribution in [-0.4, -0.2) is 35.6 Å². The molecule has 180 valence electrons. The van der Waals surface area contributed by atoms with E-state index in [-0.39, 0.29) is 22.6 Å². The van der Waals surface area contributed by atoms with Crippen LogP contribution in [0.3, 0.4) is 0 Å². The number of aliphatic hydroxyl groups is 1. The average molecular weight is 474 g/mol. The summed E-state index contributed by atoms with van der Waals surface area (Å²) in [5.41, 5.74) is 1.12. The van der Waals surface area contributed by atoms with E-state index in [1.165, 1.54) is 24.1 Å². The maximum Gasteiger partial charge on any atom is 0.300 e. The van der Waals surface area contributed by atoms with Crippen LogP contribution >= 0.6 is 0 Å². The van der Waals surface area contributed by atoms with Crippen molar-refractivity contribution < 1.29 is 29.3 Å². The number of amides is 1. The van der Waals surface area contributed by atoms with Gasteiger partial charge in [0, 0.05) is 5.69 Å². The number of carbonyl (C=O) groups excluding carboxylic acids is 2. The molecule has 4 rings (SSSR count). The Labute approximate surface area is 203 Å². The van der Waals surface area contributed by atoms with Crippen LogP contribution in [0.1, 0.15) is 31.0 Å². The van der Waals surface area contributed by atoms with Crippen LogP contribution in [0.4, 0.5) is 5.69 Å². The van der Waals surface area contributed by atoms with Gasteiger partial charge >= 0.3 is 0 Å². The molecular formula is C28H27NO6. The molecule has 7 heteroatoms. The van der Waals surface area contributed by atoms with Gasteiger partial charge in [-0.05, 0) is 60.0 Å². The Balaban J connectivity index is 1.85. The van der Waals surface area contributed by atoms with E-state index in [0.29, 0.717) is 35.3 Å². The first-order chi connectivity index (χ1) is 16.8. The third-order valence-corrected chi connectivity index (χ3v) is 5.69. The lowest BCUT2D eigenvalue weighted by molar-refractivity contribution is -0.132. The van der Waals surface area contributed by atoms with Gasteiger partial charge < -0.3 is 19.7 Å². The van der Waals surface area contributed by atoms with Crippen molar-refractivity contribution in [2.24, 2.45) is 5.92 Å². The van der Waals surface area contributed by atoms with E-state index >= 15 is 0 Å². The molecule has 0 bridgehead atoms. The molecule has 0 aromatic heterocycles. The van der Waals surface area contributed by atoms with Crippen molar-refractivity contribution in [2.75, 3.05) is 18.6 Å². The first kappa shape index (κ1) is 23.9. The highest BCUT2D eigenvalue weighted by Gasteiger charge is 2.47. The van der Waals surface area contributed by atoms with Gasteiger partial charge in [-0.1, -0.05) is 38.1 Å². The summed E-state index contributed by atoms with van der Waals surface area (Å²) in [6.45, 7) is 4.64. The summed E-state index contributed by atoms with van der Waals surface area (Å²) in [5, 5.41) is 21.4. The highest BCUT2D eigenvalue weighted by Crippen LogP contribution is 2.44. The summed E-state index contributed by atoms with van der Waals surface area (Å²) in [6, 6.07) is 18.9. The van der Waals surface area contributed by atoms with Gasteiger partial charge in [0.2, 0.25) is 0 Å². The van der Waals surface area contributed by atoms with Gasteiger partial charge in [-0.3, -0.25) is 14.5 Å². The molecule has 1 saturated heterocycles. The summed E-state index contributed by atoms with van der Waals surface area (Å²) in [5.74, 6) is -0.642. The first-order valence-corrected chi connectivity index (χ1v) is 11.3. The molecule has 1 aliphatic rings. The zero-order chi connectivity index (χ0) is 25.1. The van der Waals surface area contributed by atoms with Gasteiger partial charge in [0.1, 0.15) is 23.0 Å². The van der Waals surface area contributed by atoms with Gasteiger partial charge in [-0.15, -0.1) is 0 Å². The van der Waals surface area contributed by atoms with Crippen LogP contribution in [0, 0.1) is 5.92 Å². The minimum Gasteiger partial charge on any atom is -0.508 e. The summed E-state index contributed by atoms with van der Waals surface area (Å²) in [6.07, 6.45) is 0. The minimum atomic E-state index is -0.963. The van der Waals surface area contributed by atoms with Gasteiger partial charge in [0.15, 0.2) is 0 Å². The molecule has 7 nitrogen and oxygen atoms in total. The topological polar surface area (TPSA) is 96.3 Å². The molecule has 35 heavy (non-hydrogen) atoms. The van der Waals surface area contributed by atoms with Gasteiger partial charge in [0.05, 0.1) is 30.9 Å². The normalized spacial score (nSPS) is 17.1. The Morgan fingerprint density at radius 2 is 1.71 bits per heavy atom. The molecular weight excluding hydrogens is 446 g/mol. The Morgan fingerprint density at radius 1 is 1.00 bits per heavy atom. The largest absolute Gasteiger partial charge is 0.508 e. The molecule has 1 fully saturated rings. The van der Waals surface area contributed by atoms with Gasteiger partial charge in [0.25, 0.3) is 11.7 Å². The molecule has 3 aromatic carbocycles. The lowest BCUT2D eigenvalue weighted by Gasteiger charge is -2.26. The second-order valence-corrected chi connectivity index (χ2v) is 8.66. The van der Waals surface area contributed by atoms with Crippen molar-refractivity contribution >= 4 is 23.1 Å². The number of methoxy groups -OCH3 is 1. The average Bonchev–Trinajstić information content (AvgIpc) is 3.13. The molecule has 0 aliphatic carbocycles. The number of aromatic hydroxyl groups is 1. The quantitative estimate of drug-likeness (QED) is 0.283. The minimum absolute atomic E-state index is 0.0252. The number of phenols is 1. The van der Waals surface area contributed by atoms with Gasteiger partial charge in [-0.2, -0.15) is 0 Å². The fourth-order valence-corrected chi connectivity index (χ4v) is 4.06. The van der Waals surface area contributed by atoms with Crippen molar-refractivity contribution in [3.63, 3.8) is 0 Å². The fourth-order valence-electron chi connectivity index (χ4n) is 4.06. The predicted octanol–water partition coefficient (Wildman–Crippen LogP) is 5.06. The molecule has 0 spiro atoms. The van der Waals surface area contributed by atoms with Gasteiger partial charge in [-0.25, -0.2) is 0 Å². The van der Waals surface area contributed by atoms with Crippen molar-refractivity contribution in [1.82, 2.24) is 0 Å². The van der Waals surface area contributed by atoms with Crippen LogP contribution in [0.15, 0.2) is 78.4 Å². The molecule has 0 radical (unpaired) electrons. The van der Waals surface area contributed by atoms with Crippen LogP contribution in [0.2, 0.25) is 0 Å². The molecule has 1 amide bonds. The lowest BCUT2D eigenvalue weighted by Crippen LogP contribution is -2.29. The van der Waals surface area contributed by atoms with Crippen molar-refractivity contribution in [1.29, 1.82) is 0 Å². The smallest absolute Gasteiger partial charge is 0.300 e. The van der Waals surface area contributed by atoms with E-state index in [9.17, 15) is 19.8 Å². The van der Waals surface area contributed by atoms with E-state index in [2.05, 4.69) is 0 Å². The monoisotopic (exact) mass is 473 g/mol. The summed E-state index contributed by atoms with van der Waals surface area (Å²) >= 11 is 0. The second kappa shape index (κ2) is 9.93. The zero-order valence-corrected chi connectivity index (χ0v) is 19.8. The predicted molar refractivity (Wildman–Crippen MR) is 133 cm³/mol. The van der Waals surface area contributed by atoms with Crippen molar-refractivity contribution in [3.8, 4) is 17.2 Å². The van der Waals surface area contributed by atoms with E-state index < -0.39 is 17.7 Å². The number of hydrogen-bond donors (Lipinski definition) is 2. The van der Waals surface area contributed by atoms with Crippen molar-refractivity contribution in [2.45, 2.75) is 19.9 Å².